The van der Waals surface area contributed by atoms with Crippen LogP contribution in [0.4, 0.5) is 5.69 Å². The quantitative estimate of drug-likeness (QED) is 0.851. The molecule has 1 amide bonds. The number of nitrogens with two attached hydrogens (primary N) is 1. The maximum atomic E-state index is 11.9. The Bertz CT molecular complexity index is 537. The molecule has 0 saturated carbocycles. The van der Waals surface area contributed by atoms with Crippen molar-refractivity contribution < 1.29 is 4.79 Å². The molecule has 0 spiro atoms. The maximum absolute atomic E-state index is 11.9. The molecule has 0 radical (unpaired) electrons. The molecule has 2 rings (SSSR count). The average molecular weight is 308 g/mol. The molecule has 0 fully saturated rings. The number of nitrogens with zero attached hydrogens (tertiary/aromatic N) is 1. The van der Waals surface area contributed by atoms with Crippen molar-refractivity contribution in [2.45, 2.75) is 6.54 Å². The minimum absolute atomic E-state index is 0.124. The van der Waals surface area contributed by atoms with Gasteiger partial charge in [0.05, 0.1) is 5.56 Å². The van der Waals surface area contributed by atoms with E-state index in [4.69, 9.17) is 5.73 Å². The van der Waals surface area contributed by atoms with Crippen molar-refractivity contribution in [2.75, 3.05) is 12.3 Å². The van der Waals surface area contributed by atoms with Crippen LogP contribution in [0.15, 0.2) is 47.2 Å². The van der Waals surface area contributed by atoms with Crippen molar-refractivity contribution in [3.63, 3.8) is 0 Å². The third-order valence-corrected chi connectivity index (χ3v) is 3.25. The highest BCUT2D eigenvalue weighted by molar-refractivity contribution is 9.10. The highest BCUT2D eigenvalue weighted by atomic mass is 79.9. The molecule has 18 heavy (non-hydrogen) atoms. The molecule has 0 aliphatic carbocycles. The van der Waals surface area contributed by atoms with Crippen LogP contribution in [0.3, 0.4) is 0 Å². The van der Waals surface area contributed by atoms with E-state index in [1.54, 1.807) is 18.2 Å². The number of nitrogen functional groups attached to an aromatic ring is 1. The zero-order valence-corrected chi connectivity index (χ0v) is 11.4. The summed E-state index contributed by atoms with van der Waals surface area (Å²) in [5.74, 6) is -0.124. The van der Waals surface area contributed by atoms with E-state index in [9.17, 15) is 4.79 Å². The molecule has 1 aromatic heterocycles. The molecule has 4 nitrogen and oxygen atoms in total. The zero-order valence-electron chi connectivity index (χ0n) is 9.77. The van der Waals surface area contributed by atoms with Gasteiger partial charge in [0.2, 0.25) is 0 Å². The average Bonchev–Trinajstić information content (AvgIpc) is 2.85. The molecule has 0 saturated heterocycles. The van der Waals surface area contributed by atoms with E-state index in [1.807, 2.05) is 29.1 Å². The number of nitrogens with one attached hydrogen (secondary N) is 1. The van der Waals surface area contributed by atoms with Gasteiger partial charge in [0.1, 0.15) is 0 Å². The second-order valence-corrected chi connectivity index (χ2v) is 4.77. The van der Waals surface area contributed by atoms with Crippen LogP contribution in [-0.4, -0.2) is 17.0 Å². The molecule has 2 aromatic rings. The minimum atomic E-state index is -0.124. The third kappa shape index (κ3) is 3.13. The molecular formula is C13H14BrN3O. The van der Waals surface area contributed by atoms with Crippen LogP contribution < -0.4 is 11.1 Å². The molecule has 0 bridgehead atoms. The summed E-state index contributed by atoms with van der Waals surface area (Å²) >= 11 is 3.34. The minimum Gasteiger partial charge on any atom is -0.399 e. The Hall–Kier alpha value is -1.75. The summed E-state index contributed by atoms with van der Waals surface area (Å²) in [6.07, 6.45) is 3.92. The first-order chi connectivity index (χ1) is 8.66. The molecule has 94 valence electrons. The lowest BCUT2D eigenvalue weighted by molar-refractivity contribution is 0.0951. The number of carbonyl (C=O) groups is 1. The van der Waals surface area contributed by atoms with Crippen molar-refractivity contribution in [2.24, 2.45) is 0 Å². The molecule has 0 aliphatic rings. The van der Waals surface area contributed by atoms with E-state index < -0.39 is 0 Å². The van der Waals surface area contributed by atoms with Crippen molar-refractivity contribution >= 4 is 27.5 Å². The molecule has 0 unspecified atom stereocenters. The molecule has 5 heteroatoms. The summed E-state index contributed by atoms with van der Waals surface area (Å²) in [6, 6.07) is 9.10. The number of amides is 1. The van der Waals surface area contributed by atoms with E-state index in [0.717, 1.165) is 11.0 Å². The summed E-state index contributed by atoms with van der Waals surface area (Å²) in [4.78, 5) is 11.9. The molecule has 3 N–H and O–H groups in total. The number of hydrogen-bond acceptors (Lipinski definition) is 2. The maximum Gasteiger partial charge on any atom is 0.252 e. The largest absolute Gasteiger partial charge is 0.399 e. The lowest BCUT2D eigenvalue weighted by Gasteiger charge is -2.08. The first kappa shape index (κ1) is 12.7. The van der Waals surface area contributed by atoms with Crippen LogP contribution in [0.1, 0.15) is 10.4 Å². The normalized spacial score (nSPS) is 10.3. The SMILES string of the molecule is Nc1ccc(Br)c(C(=O)NCCn2cccc2)c1. The lowest BCUT2D eigenvalue weighted by atomic mass is 10.2. The van der Waals surface area contributed by atoms with Gasteiger partial charge in [0, 0.05) is 35.6 Å². The van der Waals surface area contributed by atoms with Gasteiger partial charge >= 0.3 is 0 Å². The number of carbonyl (C=O) groups excluding carboxylic acids is 1. The second kappa shape index (κ2) is 5.73. The monoisotopic (exact) mass is 307 g/mol. The molecule has 0 atom stereocenters. The predicted molar refractivity (Wildman–Crippen MR) is 75.3 cm³/mol. The lowest BCUT2D eigenvalue weighted by Crippen LogP contribution is -2.27. The van der Waals surface area contributed by atoms with Crippen LogP contribution in [0.5, 0.6) is 0 Å². The van der Waals surface area contributed by atoms with Gasteiger partial charge in [0.25, 0.3) is 5.91 Å². The molecular weight excluding hydrogens is 294 g/mol. The fraction of sp³-hybridized carbons (Fsp3) is 0.154. The van der Waals surface area contributed by atoms with Gasteiger partial charge < -0.3 is 15.6 Å². The van der Waals surface area contributed by atoms with Crippen LogP contribution in [0.2, 0.25) is 0 Å². The Morgan fingerprint density at radius 1 is 1.33 bits per heavy atom. The van der Waals surface area contributed by atoms with Crippen LogP contribution in [-0.2, 0) is 6.54 Å². The Morgan fingerprint density at radius 2 is 2.06 bits per heavy atom. The van der Waals surface area contributed by atoms with Crippen molar-refractivity contribution in [3.8, 4) is 0 Å². The Labute approximate surface area is 114 Å². The van der Waals surface area contributed by atoms with Gasteiger partial charge in [-0.3, -0.25) is 4.79 Å². The number of benzene rings is 1. The van der Waals surface area contributed by atoms with Gasteiger partial charge in [-0.2, -0.15) is 0 Å². The number of aromatic nitrogens is 1. The third-order valence-electron chi connectivity index (χ3n) is 2.56. The summed E-state index contributed by atoms with van der Waals surface area (Å²) < 4.78 is 2.75. The number of hydrogen-bond donors (Lipinski definition) is 2. The van der Waals surface area contributed by atoms with E-state index in [-0.39, 0.29) is 5.91 Å². The predicted octanol–water partition coefficient (Wildman–Crippen LogP) is 2.26. The Balaban J connectivity index is 1.93. The molecule has 0 aliphatic heterocycles. The highest BCUT2D eigenvalue weighted by Gasteiger charge is 2.09. The van der Waals surface area contributed by atoms with Crippen LogP contribution >= 0.6 is 15.9 Å². The Kier molecular flexibility index (Phi) is 4.04. The summed E-state index contributed by atoms with van der Waals surface area (Å²) in [7, 11) is 0. The summed E-state index contributed by atoms with van der Waals surface area (Å²) in [5.41, 5.74) is 6.80. The highest BCUT2D eigenvalue weighted by Crippen LogP contribution is 2.19. The first-order valence-electron chi connectivity index (χ1n) is 5.61. The zero-order chi connectivity index (χ0) is 13.0. The molecule has 1 aromatic carbocycles. The fourth-order valence-electron chi connectivity index (χ4n) is 1.63. The van der Waals surface area contributed by atoms with Crippen molar-refractivity contribution in [1.82, 2.24) is 9.88 Å². The van der Waals surface area contributed by atoms with Crippen LogP contribution in [0, 0.1) is 0 Å². The first-order valence-corrected chi connectivity index (χ1v) is 6.40. The van der Waals surface area contributed by atoms with Gasteiger partial charge in [-0.15, -0.1) is 0 Å². The second-order valence-electron chi connectivity index (χ2n) is 3.92. The molecule has 1 heterocycles. The number of halogens is 1. The summed E-state index contributed by atoms with van der Waals surface area (Å²) in [5, 5.41) is 2.86. The fourth-order valence-corrected chi connectivity index (χ4v) is 2.06. The van der Waals surface area contributed by atoms with E-state index in [0.29, 0.717) is 17.8 Å². The van der Waals surface area contributed by atoms with Gasteiger partial charge in [0.15, 0.2) is 0 Å². The topological polar surface area (TPSA) is 60.1 Å². The standard InChI is InChI=1S/C13H14BrN3O/c14-12-4-3-10(15)9-11(12)13(18)16-5-8-17-6-1-2-7-17/h1-4,6-7,9H,5,8,15H2,(H,16,18). The van der Waals surface area contributed by atoms with E-state index >= 15 is 0 Å². The Morgan fingerprint density at radius 3 is 2.78 bits per heavy atom. The van der Waals surface area contributed by atoms with Crippen molar-refractivity contribution in [3.05, 3.63) is 52.8 Å². The van der Waals surface area contributed by atoms with E-state index in [1.165, 1.54) is 0 Å². The van der Waals surface area contributed by atoms with E-state index in [2.05, 4.69) is 21.2 Å². The van der Waals surface area contributed by atoms with Gasteiger partial charge in [-0.1, -0.05) is 0 Å². The number of rotatable bonds is 4. The smallest absolute Gasteiger partial charge is 0.252 e. The van der Waals surface area contributed by atoms with Gasteiger partial charge in [-0.25, -0.2) is 0 Å². The van der Waals surface area contributed by atoms with Gasteiger partial charge in [-0.05, 0) is 46.3 Å². The van der Waals surface area contributed by atoms with Crippen LogP contribution in [0.25, 0.3) is 0 Å². The summed E-state index contributed by atoms with van der Waals surface area (Å²) in [6.45, 7) is 1.33. The van der Waals surface area contributed by atoms with Crippen molar-refractivity contribution in [1.29, 1.82) is 0 Å². The number of anilines is 1.